The second kappa shape index (κ2) is 7.79. The molecule has 1 aromatic carbocycles. The van der Waals surface area contributed by atoms with Crippen LogP contribution in [0.2, 0.25) is 0 Å². The Kier molecular flexibility index (Phi) is 5.28. The Morgan fingerprint density at radius 3 is 2.72 bits per heavy atom. The van der Waals surface area contributed by atoms with E-state index in [1.807, 2.05) is 37.3 Å². The van der Waals surface area contributed by atoms with Crippen molar-refractivity contribution in [2.75, 3.05) is 11.9 Å². The standard InChI is InChI=1S/C19H21N3O3/c1-2-15(22-13-7-12-18(22)23)19(24)21-16-10-6-11-17(20-16)25-14-8-4-3-5-9-14/h3-6,8-11,15H,2,7,12-13H2,1H3,(H,20,21,24). The molecule has 0 bridgehead atoms. The number of rotatable bonds is 6. The molecule has 25 heavy (non-hydrogen) atoms. The summed E-state index contributed by atoms with van der Waals surface area (Å²) in [6, 6.07) is 14.1. The van der Waals surface area contributed by atoms with Crippen molar-refractivity contribution >= 4 is 17.6 Å². The highest BCUT2D eigenvalue weighted by Gasteiger charge is 2.31. The van der Waals surface area contributed by atoms with E-state index < -0.39 is 6.04 Å². The molecule has 3 rings (SSSR count). The highest BCUT2D eigenvalue weighted by Crippen LogP contribution is 2.21. The minimum absolute atomic E-state index is 0.0381. The van der Waals surface area contributed by atoms with Gasteiger partial charge in [-0.05, 0) is 31.0 Å². The normalized spacial score (nSPS) is 15.1. The quantitative estimate of drug-likeness (QED) is 0.877. The lowest BCUT2D eigenvalue weighted by atomic mass is 10.2. The first-order valence-corrected chi connectivity index (χ1v) is 8.47. The van der Waals surface area contributed by atoms with E-state index in [0.29, 0.717) is 36.8 Å². The van der Waals surface area contributed by atoms with E-state index in [9.17, 15) is 9.59 Å². The summed E-state index contributed by atoms with van der Waals surface area (Å²) in [7, 11) is 0. The van der Waals surface area contributed by atoms with Crippen LogP contribution in [0.3, 0.4) is 0 Å². The van der Waals surface area contributed by atoms with Gasteiger partial charge in [-0.3, -0.25) is 9.59 Å². The van der Waals surface area contributed by atoms with Gasteiger partial charge in [0.25, 0.3) is 0 Å². The molecule has 2 amide bonds. The summed E-state index contributed by atoms with van der Waals surface area (Å²) in [5.74, 6) is 1.30. The summed E-state index contributed by atoms with van der Waals surface area (Å²) in [4.78, 5) is 30.4. The molecule has 1 N–H and O–H groups in total. The molecule has 0 spiro atoms. The van der Waals surface area contributed by atoms with Gasteiger partial charge in [-0.1, -0.05) is 31.2 Å². The zero-order chi connectivity index (χ0) is 17.6. The topological polar surface area (TPSA) is 71.5 Å². The second-order valence-corrected chi connectivity index (χ2v) is 5.88. The highest BCUT2D eigenvalue weighted by atomic mass is 16.5. The minimum Gasteiger partial charge on any atom is -0.439 e. The van der Waals surface area contributed by atoms with Crippen molar-refractivity contribution in [1.82, 2.24) is 9.88 Å². The number of benzene rings is 1. The number of carbonyl (C=O) groups excluding carboxylic acids is 2. The number of anilines is 1. The predicted octanol–water partition coefficient (Wildman–Crippen LogP) is 3.21. The summed E-state index contributed by atoms with van der Waals surface area (Å²) in [5.41, 5.74) is 0. The fourth-order valence-electron chi connectivity index (χ4n) is 2.91. The number of ether oxygens (including phenoxy) is 1. The molecule has 1 fully saturated rings. The Hall–Kier alpha value is -2.89. The maximum atomic E-state index is 12.6. The van der Waals surface area contributed by atoms with Gasteiger partial charge < -0.3 is 15.0 Å². The number of likely N-dealkylation sites (tertiary alicyclic amines) is 1. The van der Waals surface area contributed by atoms with Crippen LogP contribution in [0.25, 0.3) is 0 Å². The van der Waals surface area contributed by atoms with Crippen LogP contribution in [-0.4, -0.2) is 34.3 Å². The van der Waals surface area contributed by atoms with Gasteiger partial charge in [0, 0.05) is 19.0 Å². The number of amides is 2. The van der Waals surface area contributed by atoms with Crippen molar-refractivity contribution in [3.8, 4) is 11.6 Å². The van der Waals surface area contributed by atoms with E-state index in [4.69, 9.17) is 4.74 Å². The largest absolute Gasteiger partial charge is 0.439 e. The molecule has 1 aliphatic heterocycles. The first-order chi connectivity index (χ1) is 12.2. The van der Waals surface area contributed by atoms with Crippen molar-refractivity contribution in [2.45, 2.75) is 32.2 Å². The Morgan fingerprint density at radius 2 is 2.04 bits per heavy atom. The fourth-order valence-corrected chi connectivity index (χ4v) is 2.91. The van der Waals surface area contributed by atoms with Crippen LogP contribution < -0.4 is 10.1 Å². The maximum absolute atomic E-state index is 12.6. The van der Waals surface area contributed by atoms with Crippen LogP contribution in [0.4, 0.5) is 5.82 Å². The lowest BCUT2D eigenvalue weighted by molar-refractivity contribution is -0.135. The predicted molar refractivity (Wildman–Crippen MR) is 94.4 cm³/mol. The van der Waals surface area contributed by atoms with Crippen LogP contribution in [0, 0.1) is 0 Å². The number of nitrogens with zero attached hydrogens (tertiary/aromatic N) is 2. The van der Waals surface area contributed by atoms with E-state index in [-0.39, 0.29) is 11.8 Å². The van der Waals surface area contributed by atoms with Gasteiger partial charge in [-0.2, -0.15) is 4.98 Å². The van der Waals surface area contributed by atoms with Crippen LogP contribution in [0.15, 0.2) is 48.5 Å². The molecule has 1 unspecified atom stereocenters. The molecule has 2 heterocycles. The number of para-hydroxylation sites is 1. The van der Waals surface area contributed by atoms with E-state index in [1.165, 1.54) is 0 Å². The van der Waals surface area contributed by atoms with Crippen LogP contribution in [0.5, 0.6) is 11.6 Å². The smallest absolute Gasteiger partial charge is 0.248 e. The van der Waals surface area contributed by atoms with E-state index in [2.05, 4.69) is 10.3 Å². The first kappa shape index (κ1) is 17.0. The van der Waals surface area contributed by atoms with Gasteiger partial charge in [0.05, 0.1) is 0 Å². The zero-order valence-corrected chi connectivity index (χ0v) is 14.1. The van der Waals surface area contributed by atoms with E-state index >= 15 is 0 Å². The lowest BCUT2D eigenvalue weighted by Gasteiger charge is -2.25. The molecule has 1 atom stereocenters. The number of hydrogen-bond acceptors (Lipinski definition) is 4. The molecule has 0 radical (unpaired) electrons. The molecular formula is C19H21N3O3. The van der Waals surface area contributed by atoms with E-state index in [0.717, 1.165) is 6.42 Å². The first-order valence-electron chi connectivity index (χ1n) is 8.47. The number of nitrogens with one attached hydrogen (secondary N) is 1. The van der Waals surface area contributed by atoms with Crippen molar-refractivity contribution < 1.29 is 14.3 Å². The molecule has 6 nitrogen and oxygen atoms in total. The third kappa shape index (κ3) is 4.15. The summed E-state index contributed by atoms with van der Waals surface area (Å²) >= 11 is 0. The van der Waals surface area contributed by atoms with Crippen LogP contribution in [0.1, 0.15) is 26.2 Å². The number of pyridine rings is 1. The third-order valence-electron chi connectivity index (χ3n) is 4.12. The number of aromatic nitrogens is 1. The molecule has 1 aliphatic rings. The second-order valence-electron chi connectivity index (χ2n) is 5.88. The molecule has 2 aromatic rings. The summed E-state index contributed by atoms with van der Waals surface area (Å²) in [6.45, 7) is 2.54. The summed E-state index contributed by atoms with van der Waals surface area (Å²) in [6.07, 6.45) is 1.89. The van der Waals surface area contributed by atoms with Gasteiger partial charge in [0.1, 0.15) is 17.6 Å². The number of carbonyl (C=O) groups is 2. The van der Waals surface area contributed by atoms with Crippen molar-refractivity contribution in [3.63, 3.8) is 0 Å². The summed E-state index contributed by atoms with van der Waals surface area (Å²) < 4.78 is 5.68. The molecule has 0 saturated carbocycles. The third-order valence-corrected chi connectivity index (χ3v) is 4.12. The summed E-state index contributed by atoms with van der Waals surface area (Å²) in [5, 5.41) is 2.79. The molecule has 0 aliphatic carbocycles. The monoisotopic (exact) mass is 339 g/mol. The van der Waals surface area contributed by atoms with Crippen LogP contribution >= 0.6 is 0 Å². The van der Waals surface area contributed by atoms with Gasteiger partial charge in [0.2, 0.25) is 17.7 Å². The van der Waals surface area contributed by atoms with Gasteiger partial charge in [0.15, 0.2) is 0 Å². The Morgan fingerprint density at radius 1 is 1.24 bits per heavy atom. The maximum Gasteiger partial charge on any atom is 0.248 e. The Bertz CT molecular complexity index is 749. The average Bonchev–Trinajstić information content (AvgIpc) is 3.03. The molecule has 1 saturated heterocycles. The average molecular weight is 339 g/mol. The van der Waals surface area contributed by atoms with E-state index in [1.54, 1.807) is 23.1 Å². The SMILES string of the molecule is CCC(C(=O)Nc1cccc(Oc2ccccc2)n1)N1CCCC1=O. The van der Waals surface area contributed by atoms with Crippen molar-refractivity contribution in [3.05, 3.63) is 48.5 Å². The lowest BCUT2D eigenvalue weighted by Crippen LogP contribution is -2.44. The van der Waals surface area contributed by atoms with Crippen LogP contribution in [-0.2, 0) is 9.59 Å². The zero-order valence-electron chi connectivity index (χ0n) is 14.1. The molecular weight excluding hydrogens is 318 g/mol. The molecule has 1 aromatic heterocycles. The Labute approximate surface area is 146 Å². The van der Waals surface area contributed by atoms with Gasteiger partial charge >= 0.3 is 0 Å². The highest BCUT2D eigenvalue weighted by molar-refractivity contribution is 5.96. The van der Waals surface area contributed by atoms with Crippen molar-refractivity contribution in [2.24, 2.45) is 0 Å². The molecule has 130 valence electrons. The molecule has 6 heteroatoms. The number of hydrogen-bond donors (Lipinski definition) is 1. The van der Waals surface area contributed by atoms with Gasteiger partial charge in [-0.15, -0.1) is 0 Å². The van der Waals surface area contributed by atoms with Gasteiger partial charge in [-0.25, -0.2) is 0 Å². The minimum atomic E-state index is -0.463. The fraction of sp³-hybridized carbons (Fsp3) is 0.316. The van der Waals surface area contributed by atoms with Crippen molar-refractivity contribution in [1.29, 1.82) is 0 Å². The Balaban J connectivity index is 1.68.